The van der Waals surface area contributed by atoms with Gasteiger partial charge in [-0.3, -0.25) is 0 Å². The minimum atomic E-state index is -3.61. The van der Waals surface area contributed by atoms with E-state index in [1.54, 1.807) is 36.6 Å². The molecule has 0 saturated heterocycles. The third-order valence-electron chi connectivity index (χ3n) is 3.60. The molecule has 1 fully saturated rings. The average molecular weight is 306 g/mol. The van der Waals surface area contributed by atoms with E-state index in [0.29, 0.717) is 11.4 Å². The van der Waals surface area contributed by atoms with E-state index < -0.39 is 10.0 Å². The first kappa shape index (κ1) is 14.2. The summed E-state index contributed by atoms with van der Waals surface area (Å²) in [6.07, 6.45) is 3.31. The van der Waals surface area contributed by atoms with Crippen LogP contribution in [0.5, 0.6) is 0 Å². The van der Waals surface area contributed by atoms with Crippen LogP contribution in [0.3, 0.4) is 0 Å². The lowest BCUT2D eigenvalue weighted by Gasteiger charge is -2.21. The Kier molecular flexibility index (Phi) is 3.51. The van der Waals surface area contributed by atoms with Gasteiger partial charge in [0.15, 0.2) is 0 Å². The highest BCUT2D eigenvalue weighted by Crippen LogP contribution is 2.35. The van der Waals surface area contributed by atoms with Gasteiger partial charge >= 0.3 is 0 Å². The van der Waals surface area contributed by atoms with E-state index in [4.69, 9.17) is 10.2 Å². The Morgan fingerprint density at radius 2 is 2.10 bits per heavy atom. The van der Waals surface area contributed by atoms with E-state index in [9.17, 15) is 8.42 Å². The van der Waals surface area contributed by atoms with Gasteiger partial charge in [-0.25, -0.2) is 8.42 Å². The molecule has 5 nitrogen and oxygen atoms in total. The molecule has 0 radical (unpaired) electrons. The number of rotatable bonds is 5. The topological polar surface area (TPSA) is 76.5 Å². The Balaban J connectivity index is 1.97. The van der Waals surface area contributed by atoms with E-state index in [-0.39, 0.29) is 17.5 Å². The minimum Gasteiger partial charge on any atom is -0.468 e. The molecule has 0 spiro atoms. The third-order valence-corrected chi connectivity index (χ3v) is 5.57. The maximum Gasteiger partial charge on any atom is 0.245 e. The number of benzene rings is 1. The van der Waals surface area contributed by atoms with Crippen LogP contribution in [-0.4, -0.2) is 18.8 Å². The van der Waals surface area contributed by atoms with Crippen molar-refractivity contribution < 1.29 is 12.8 Å². The molecule has 112 valence electrons. The van der Waals surface area contributed by atoms with Gasteiger partial charge in [-0.1, -0.05) is 6.07 Å². The van der Waals surface area contributed by atoms with Crippen molar-refractivity contribution >= 4 is 15.7 Å². The molecule has 1 aromatic heterocycles. The maximum atomic E-state index is 12.9. The second-order valence-electron chi connectivity index (χ2n) is 5.40. The predicted molar refractivity (Wildman–Crippen MR) is 80.1 cm³/mol. The normalized spacial score (nSPS) is 15.5. The fourth-order valence-corrected chi connectivity index (χ4v) is 4.11. The molecule has 0 unspecified atom stereocenters. The van der Waals surface area contributed by atoms with E-state index in [2.05, 4.69) is 0 Å². The smallest absolute Gasteiger partial charge is 0.245 e. The summed E-state index contributed by atoms with van der Waals surface area (Å²) in [5.74, 6) is 0.635. The van der Waals surface area contributed by atoms with Gasteiger partial charge in [-0.05, 0) is 49.6 Å². The number of nitrogens with zero attached hydrogens (tertiary/aromatic N) is 1. The monoisotopic (exact) mass is 306 g/mol. The molecule has 2 aromatic rings. The number of aryl methyl sites for hydroxylation is 1. The highest BCUT2D eigenvalue weighted by molar-refractivity contribution is 7.89. The summed E-state index contributed by atoms with van der Waals surface area (Å²) < 4.78 is 32.5. The number of nitrogen functional groups attached to an aromatic ring is 1. The summed E-state index contributed by atoms with van der Waals surface area (Å²) in [5.41, 5.74) is 7.14. The van der Waals surface area contributed by atoms with Crippen molar-refractivity contribution in [1.82, 2.24) is 4.31 Å². The van der Waals surface area contributed by atoms with Crippen LogP contribution in [-0.2, 0) is 16.6 Å². The van der Waals surface area contributed by atoms with E-state index in [1.165, 1.54) is 4.31 Å². The van der Waals surface area contributed by atoms with Crippen LogP contribution in [0, 0.1) is 6.92 Å². The van der Waals surface area contributed by atoms with Crippen molar-refractivity contribution in [2.24, 2.45) is 0 Å². The van der Waals surface area contributed by atoms with Crippen LogP contribution in [0.25, 0.3) is 0 Å². The van der Waals surface area contributed by atoms with E-state index >= 15 is 0 Å². The van der Waals surface area contributed by atoms with E-state index in [1.807, 2.05) is 6.92 Å². The molecule has 0 bridgehead atoms. The molecule has 3 rings (SSSR count). The summed E-state index contributed by atoms with van der Waals surface area (Å²) in [7, 11) is -3.61. The zero-order chi connectivity index (χ0) is 15.0. The Morgan fingerprint density at radius 3 is 2.67 bits per heavy atom. The number of hydrogen-bond donors (Lipinski definition) is 1. The Bertz CT molecular complexity index is 734. The van der Waals surface area contributed by atoms with Crippen molar-refractivity contribution in [3.05, 3.63) is 47.9 Å². The standard InChI is InChI=1S/C15H18N2O3S/c1-11-4-7-15(14(16)9-11)21(18,19)17(12-5-6-12)10-13-3-2-8-20-13/h2-4,7-9,12H,5-6,10,16H2,1H3. The van der Waals surface area contributed by atoms with Crippen LogP contribution in [0.4, 0.5) is 5.69 Å². The highest BCUT2D eigenvalue weighted by atomic mass is 32.2. The number of furan rings is 1. The van der Waals surface area contributed by atoms with Crippen LogP contribution < -0.4 is 5.73 Å². The molecular formula is C15H18N2O3S. The van der Waals surface area contributed by atoms with Crippen molar-refractivity contribution in [1.29, 1.82) is 0 Å². The Labute approximate surface area is 124 Å². The van der Waals surface area contributed by atoms with Gasteiger partial charge in [-0.15, -0.1) is 0 Å². The Hall–Kier alpha value is -1.79. The summed E-state index contributed by atoms with van der Waals surface area (Å²) in [6, 6.07) is 8.61. The van der Waals surface area contributed by atoms with Crippen molar-refractivity contribution in [2.75, 3.05) is 5.73 Å². The highest BCUT2D eigenvalue weighted by Gasteiger charge is 2.39. The molecule has 2 N–H and O–H groups in total. The summed E-state index contributed by atoms with van der Waals surface area (Å²) in [6.45, 7) is 2.13. The van der Waals surface area contributed by atoms with Crippen molar-refractivity contribution in [3.8, 4) is 0 Å². The SMILES string of the molecule is Cc1ccc(S(=O)(=O)N(Cc2ccco2)C2CC2)c(N)c1. The molecule has 1 heterocycles. The predicted octanol–water partition coefficient (Wildman–Crippen LogP) is 2.52. The second-order valence-corrected chi connectivity index (χ2v) is 7.26. The molecule has 0 aliphatic heterocycles. The van der Waals surface area contributed by atoms with Crippen LogP contribution >= 0.6 is 0 Å². The number of sulfonamides is 1. The molecule has 1 aliphatic carbocycles. The summed E-state index contributed by atoms with van der Waals surface area (Å²) in [5, 5.41) is 0. The largest absolute Gasteiger partial charge is 0.468 e. The van der Waals surface area contributed by atoms with Gasteiger partial charge in [0.2, 0.25) is 10.0 Å². The van der Waals surface area contributed by atoms with Gasteiger partial charge in [0.1, 0.15) is 10.7 Å². The molecular weight excluding hydrogens is 288 g/mol. The molecule has 6 heteroatoms. The van der Waals surface area contributed by atoms with Crippen LogP contribution in [0.1, 0.15) is 24.2 Å². The van der Waals surface area contributed by atoms with Gasteiger partial charge < -0.3 is 10.2 Å². The van der Waals surface area contributed by atoms with Gasteiger partial charge in [0.05, 0.1) is 18.5 Å². The number of hydrogen-bond acceptors (Lipinski definition) is 4. The minimum absolute atomic E-state index is 0.0424. The van der Waals surface area contributed by atoms with Crippen molar-refractivity contribution in [3.63, 3.8) is 0 Å². The lowest BCUT2D eigenvalue weighted by atomic mass is 10.2. The fourth-order valence-electron chi connectivity index (χ4n) is 2.36. The lowest BCUT2D eigenvalue weighted by Crippen LogP contribution is -2.33. The fraction of sp³-hybridized carbons (Fsp3) is 0.333. The summed E-state index contributed by atoms with van der Waals surface area (Å²) in [4.78, 5) is 0.173. The quantitative estimate of drug-likeness (QED) is 0.861. The third kappa shape index (κ3) is 2.82. The summed E-state index contributed by atoms with van der Waals surface area (Å²) >= 11 is 0. The molecule has 1 aliphatic rings. The zero-order valence-corrected chi connectivity index (χ0v) is 12.6. The maximum absolute atomic E-state index is 12.9. The van der Waals surface area contributed by atoms with Gasteiger partial charge in [0, 0.05) is 6.04 Å². The van der Waals surface area contributed by atoms with Crippen LogP contribution in [0.2, 0.25) is 0 Å². The molecule has 1 aromatic carbocycles. The molecule has 1 saturated carbocycles. The lowest BCUT2D eigenvalue weighted by molar-refractivity contribution is 0.357. The average Bonchev–Trinajstić information content (AvgIpc) is 3.11. The Morgan fingerprint density at radius 1 is 1.33 bits per heavy atom. The zero-order valence-electron chi connectivity index (χ0n) is 11.8. The molecule has 21 heavy (non-hydrogen) atoms. The first-order chi connectivity index (χ1) is 9.98. The van der Waals surface area contributed by atoms with Gasteiger partial charge in [0.25, 0.3) is 0 Å². The number of nitrogens with two attached hydrogens (primary N) is 1. The van der Waals surface area contributed by atoms with Crippen molar-refractivity contribution in [2.45, 2.75) is 37.2 Å². The first-order valence-electron chi connectivity index (χ1n) is 6.89. The first-order valence-corrected chi connectivity index (χ1v) is 8.33. The van der Waals surface area contributed by atoms with Crippen LogP contribution in [0.15, 0.2) is 45.9 Å². The van der Waals surface area contributed by atoms with E-state index in [0.717, 1.165) is 18.4 Å². The molecule has 0 atom stereocenters. The molecule has 0 amide bonds. The van der Waals surface area contributed by atoms with Gasteiger partial charge in [-0.2, -0.15) is 4.31 Å². The number of anilines is 1. The second kappa shape index (κ2) is 5.20.